The molecule has 0 aliphatic rings. The molecule has 0 spiro atoms. The quantitative estimate of drug-likeness (QED) is 0.833. The Balaban J connectivity index is 2.97. The fraction of sp³-hybridized carbons (Fsp3) is 0.385. The monoisotopic (exact) mass is 360 g/mol. The molecular weight excluding hydrogens is 346 g/mol. The number of nitriles is 1. The highest BCUT2D eigenvalue weighted by Gasteiger charge is 2.35. The summed E-state index contributed by atoms with van der Waals surface area (Å²) in [6.45, 7) is 3.61. The van der Waals surface area contributed by atoms with Crippen molar-refractivity contribution < 1.29 is 9.18 Å². The van der Waals surface area contributed by atoms with Gasteiger partial charge in [-0.1, -0.05) is 13.8 Å². The van der Waals surface area contributed by atoms with Crippen LogP contribution in [-0.4, -0.2) is 5.91 Å². The highest BCUT2D eigenvalue weighted by molar-refractivity contribution is 14.1. The number of halogens is 2. The Morgan fingerprint density at radius 2 is 2.11 bits per heavy atom. The van der Waals surface area contributed by atoms with E-state index < -0.39 is 5.41 Å². The van der Waals surface area contributed by atoms with E-state index in [1.54, 1.807) is 0 Å². The summed E-state index contributed by atoms with van der Waals surface area (Å²) in [6.07, 6.45) is 0.896. The average Bonchev–Trinajstić information content (AvgIpc) is 2.36. The van der Waals surface area contributed by atoms with Crippen LogP contribution in [0.1, 0.15) is 26.7 Å². The number of rotatable bonds is 4. The minimum Gasteiger partial charge on any atom is -0.324 e. The van der Waals surface area contributed by atoms with Crippen molar-refractivity contribution in [1.82, 2.24) is 0 Å². The molecule has 96 valence electrons. The van der Waals surface area contributed by atoms with Crippen LogP contribution in [0.3, 0.4) is 0 Å². The predicted octanol–water partition coefficient (Wildman–Crippen LogP) is 3.70. The van der Waals surface area contributed by atoms with Crippen molar-refractivity contribution in [2.45, 2.75) is 26.7 Å². The van der Waals surface area contributed by atoms with E-state index in [0.29, 0.717) is 22.1 Å². The lowest BCUT2D eigenvalue weighted by Gasteiger charge is -2.22. The van der Waals surface area contributed by atoms with Crippen LogP contribution in [0.5, 0.6) is 0 Å². The molecule has 0 atom stereocenters. The van der Waals surface area contributed by atoms with Crippen LogP contribution >= 0.6 is 22.6 Å². The Hall–Kier alpha value is -1.16. The number of nitrogens with one attached hydrogen (secondary N) is 1. The fourth-order valence-corrected chi connectivity index (χ4v) is 2.22. The molecule has 0 unspecified atom stereocenters. The van der Waals surface area contributed by atoms with Gasteiger partial charge in [-0.2, -0.15) is 5.26 Å². The molecule has 1 rings (SSSR count). The Bertz CT molecular complexity index is 492. The molecule has 0 aliphatic heterocycles. The molecule has 0 saturated carbocycles. The SMILES string of the molecule is CCC(C#N)(CC)C(=O)Nc1ccc(F)cc1I. The zero-order chi connectivity index (χ0) is 13.8. The van der Waals surface area contributed by atoms with E-state index in [1.165, 1.54) is 18.2 Å². The second-order valence-electron chi connectivity index (χ2n) is 3.98. The van der Waals surface area contributed by atoms with E-state index in [0.717, 1.165) is 0 Å². The number of amides is 1. The van der Waals surface area contributed by atoms with Gasteiger partial charge in [-0.3, -0.25) is 4.79 Å². The van der Waals surface area contributed by atoms with Gasteiger partial charge in [0.05, 0.1) is 11.8 Å². The van der Waals surface area contributed by atoms with E-state index in [2.05, 4.69) is 11.4 Å². The van der Waals surface area contributed by atoms with Gasteiger partial charge in [0.2, 0.25) is 5.91 Å². The molecule has 1 amide bonds. The Kier molecular flexibility index (Phi) is 5.08. The summed E-state index contributed by atoms with van der Waals surface area (Å²) in [6, 6.07) is 6.20. The fourth-order valence-electron chi connectivity index (χ4n) is 1.61. The first-order valence-electron chi connectivity index (χ1n) is 5.67. The maximum atomic E-state index is 12.9. The molecule has 5 heteroatoms. The molecule has 0 aromatic heterocycles. The Morgan fingerprint density at radius 3 is 2.56 bits per heavy atom. The number of hydrogen-bond donors (Lipinski definition) is 1. The third kappa shape index (κ3) is 2.99. The summed E-state index contributed by atoms with van der Waals surface area (Å²) in [5, 5.41) is 11.9. The van der Waals surface area contributed by atoms with Crippen LogP contribution in [0.15, 0.2) is 18.2 Å². The van der Waals surface area contributed by atoms with Gasteiger partial charge in [0.15, 0.2) is 0 Å². The van der Waals surface area contributed by atoms with Gasteiger partial charge in [0, 0.05) is 3.57 Å². The summed E-state index contributed by atoms with van der Waals surface area (Å²) in [5.41, 5.74) is -0.485. The molecule has 0 radical (unpaired) electrons. The van der Waals surface area contributed by atoms with E-state index >= 15 is 0 Å². The average molecular weight is 360 g/mol. The van der Waals surface area contributed by atoms with Crippen LogP contribution in [-0.2, 0) is 4.79 Å². The van der Waals surface area contributed by atoms with E-state index in [4.69, 9.17) is 5.26 Å². The normalized spacial score (nSPS) is 10.8. The highest BCUT2D eigenvalue weighted by Crippen LogP contribution is 2.28. The van der Waals surface area contributed by atoms with Gasteiger partial charge in [-0.25, -0.2) is 4.39 Å². The molecule has 0 bridgehead atoms. The van der Waals surface area contributed by atoms with Crippen molar-refractivity contribution >= 4 is 34.2 Å². The van der Waals surface area contributed by atoms with E-state index in [9.17, 15) is 9.18 Å². The number of nitrogens with zero attached hydrogens (tertiary/aromatic N) is 1. The number of carbonyl (C=O) groups excluding carboxylic acids is 1. The zero-order valence-electron chi connectivity index (χ0n) is 10.3. The van der Waals surface area contributed by atoms with Crippen molar-refractivity contribution in [3.8, 4) is 6.07 Å². The first-order valence-corrected chi connectivity index (χ1v) is 6.74. The summed E-state index contributed by atoms with van der Waals surface area (Å²) in [7, 11) is 0. The molecule has 1 aromatic carbocycles. The predicted molar refractivity (Wildman–Crippen MR) is 76.4 cm³/mol. The van der Waals surface area contributed by atoms with Crippen molar-refractivity contribution in [3.63, 3.8) is 0 Å². The van der Waals surface area contributed by atoms with E-state index in [-0.39, 0.29) is 11.7 Å². The standard InChI is InChI=1S/C13H14FIN2O/c1-3-13(4-2,8-16)12(18)17-11-6-5-9(14)7-10(11)15/h5-7H,3-4H2,1-2H3,(H,17,18). The van der Waals surface area contributed by atoms with Crippen LogP contribution in [0.2, 0.25) is 0 Å². The van der Waals surface area contributed by atoms with E-state index in [1.807, 2.05) is 36.4 Å². The van der Waals surface area contributed by atoms with Crippen LogP contribution in [0.25, 0.3) is 0 Å². The minimum absolute atomic E-state index is 0.334. The van der Waals surface area contributed by atoms with Gasteiger partial charge in [-0.05, 0) is 53.6 Å². The van der Waals surface area contributed by atoms with Crippen LogP contribution in [0, 0.1) is 26.1 Å². The molecule has 0 aliphatic carbocycles. The van der Waals surface area contributed by atoms with Crippen molar-refractivity contribution in [3.05, 3.63) is 27.6 Å². The van der Waals surface area contributed by atoms with Crippen molar-refractivity contribution in [2.75, 3.05) is 5.32 Å². The molecule has 0 saturated heterocycles. The van der Waals surface area contributed by atoms with Crippen LogP contribution in [0.4, 0.5) is 10.1 Å². The Morgan fingerprint density at radius 1 is 1.50 bits per heavy atom. The Labute approximate surface area is 120 Å². The molecule has 18 heavy (non-hydrogen) atoms. The summed E-state index contributed by atoms with van der Waals surface area (Å²) >= 11 is 1.95. The molecular formula is C13H14FIN2O. The minimum atomic E-state index is -1.02. The second kappa shape index (κ2) is 6.14. The number of carbonyl (C=O) groups is 1. The molecule has 0 heterocycles. The van der Waals surface area contributed by atoms with Gasteiger partial charge < -0.3 is 5.32 Å². The highest BCUT2D eigenvalue weighted by atomic mass is 127. The van der Waals surface area contributed by atoms with Gasteiger partial charge in [0.25, 0.3) is 0 Å². The van der Waals surface area contributed by atoms with Crippen molar-refractivity contribution in [2.24, 2.45) is 5.41 Å². The third-order valence-corrected chi connectivity index (χ3v) is 3.93. The van der Waals surface area contributed by atoms with Crippen molar-refractivity contribution in [1.29, 1.82) is 5.26 Å². The van der Waals surface area contributed by atoms with Gasteiger partial charge in [-0.15, -0.1) is 0 Å². The molecule has 3 nitrogen and oxygen atoms in total. The maximum Gasteiger partial charge on any atom is 0.244 e. The lowest BCUT2D eigenvalue weighted by Crippen LogP contribution is -2.34. The summed E-state index contributed by atoms with van der Waals surface area (Å²) in [5.74, 6) is -0.686. The molecule has 0 fully saturated rings. The second-order valence-corrected chi connectivity index (χ2v) is 5.14. The first-order chi connectivity index (χ1) is 8.49. The molecule has 1 aromatic rings. The largest absolute Gasteiger partial charge is 0.324 e. The first kappa shape index (κ1) is 14.9. The molecule has 1 N–H and O–H groups in total. The maximum absolute atomic E-state index is 12.9. The lowest BCUT2D eigenvalue weighted by atomic mass is 9.83. The van der Waals surface area contributed by atoms with Crippen LogP contribution < -0.4 is 5.32 Å². The number of benzene rings is 1. The van der Waals surface area contributed by atoms with Gasteiger partial charge in [0.1, 0.15) is 11.2 Å². The summed E-state index contributed by atoms with van der Waals surface area (Å²) in [4.78, 5) is 12.1. The smallest absolute Gasteiger partial charge is 0.244 e. The topological polar surface area (TPSA) is 52.9 Å². The number of hydrogen-bond acceptors (Lipinski definition) is 2. The number of anilines is 1. The zero-order valence-corrected chi connectivity index (χ0v) is 12.4. The lowest BCUT2D eigenvalue weighted by molar-refractivity contribution is -0.123. The summed E-state index contributed by atoms with van der Waals surface area (Å²) < 4.78 is 13.6. The van der Waals surface area contributed by atoms with Gasteiger partial charge >= 0.3 is 0 Å². The third-order valence-electron chi connectivity index (χ3n) is 3.04.